The van der Waals surface area contributed by atoms with Crippen LogP contribution in [0.15, 0.2) is 6.20 Å². The van der Waals surface area contributed by atoms with E-state index in [4.69, 9.17) is 4.74 Å². The van der Waals surface area contributed by atoms with E-state index in [0.717, 1.165) is 5.69 Å². The second kappa shape index (κ2) is 4.39. The maximum Gasteiger partial charge on any atom is 0.257 e. The first-order valence-corrected chi connectivity index (χ1v) is 6.26. The van der Waals surface area contributed by atoms with E-state index in [1.165, 1.54) is 0 Å². The molecule has 1 atom stereocenters. The Kier molecular flexibility index (Phi) is 3.19. The number of aromatic nitrogens is 2. The van der Waals surface area contributed by atoms with Crippen molar-refractivity contribution in [3.05, 3.63) is 17.5 Å². The molecule has 5 nitrogen and oxygen atoms in total. The Bertz CT molecular complexity index is 465. The zero-order chi connectivity index (χ0) is 13.5. The first-order valence-electron chi connectivity index (χ1n) is 6.26. The summed E-state index contributed by atoms with van der Waals surface area (Å²) in [6.07, 6.45) is 1.71. The molecule has 0 aromatic carbocycles. The summed E-state index contributed by atoms with van der Waals surface area (Å²) in [6.45, 7) is 9.19. The molecule has 2 heterocycles. The summed E-state index contributed by atoms with van der Waals surface area (Å²) in [4.78, 5) is 14.3. The molecule has 0 radical (unpaired) electrons. The Morgan fingerprint density at radius 2 is 2.22 bits per heavy atom. The Balaban J connectivity index is 2.21. The smallest absolute Gasteiger partial charge is 0.257 e. The topological polar surface area (TPSA) is 47.4 Å². The highest BCUT2D eigenvalue weighted by Crippen LogP contribution is 2.22. The summed E-state index contributed by atoms with van der Waals surface area (Å²) >= 11 is 0. The van der Waals surface area contributed by atoms with E-state index >= 15 is 0 Å². The van der Waals surface area contributed by atoms with E-state index in [1.54, 1.807) is 10.9 Å². The Labute approximate surface area is 108 Å². The number of amides is 1. The van der Waals surface area contributed by atoms with Gasteiger partial charge in [-0.15, -0.1) is 0 Å². The zero-order valence-corrected chi connectivity index (χ0v) is 11.7. The molecule has 100 valence electrons. The van der Waals surface area contributed by atoms with Crippen LogP contribution in [0.3, 0.4) is 0 Å². The first kappa shape index (κ1) is 13.1. The van der Waals surface area contributed by atoms with Crippen molar-refractivity contribution in [2.24, 2.45) is 7.05 Å². The molecular formula is C13H21N3O2. The maximum absolute atomic E-state index is 12.5. The van der Waals surface area contributed by atoms with E-state index in [1.807, 2.05) is 39.6 Å². The SMILES string of the molecule is Cc1c(C(=O)N2C[C@@H](C)OC(C)(C)C2)cnn1C. The molecule has 1 saturated heterocycles. The van der Waals surface area contributed by atoms with Crippen LogP contribution in [0.5, 0.6) is 0 Å². The highest BCUT2D eigenvalue weighted by Gasteiger charge is 2.34. The van der Waals surface area contributed by atoms with Crippen LogP contribution < -0.4 is 0 Å². The second-order valence-electron chi connectivity index (χ2n) is 5.64. The zero-order valence-electron chi connectivity index (χ0n) is 11.7. The molecule has 5 heteroatoms. The third kappa shape index (κ3) is 2.41. The maximum atomic E-state index is 12.5. The largest absolute Gasteiger partial charge is 0.369 e. The van der Waals surface area contributed by atoms with Crippen LogP contribution in [0.25, 0.3) is 0 Å². The number of nitrogens with zero attached hydrogens (tertiary/aromatic N) is 3. The molecule has 1 aromatic heterocycles. The number of ether oxygens (including phenoxy) is 1. The van der Waals surface area contributed by atoms with Crippen molar-refractivity contribution in [1.82, 2.24) is 14.7 Å². The minimum Gasteiger partial charge on any atom is -0.369 e. The van der Waals surface area contributed by atoms with Gasteiger partial charge in [-0.25, -0.2) is 0 Å². The Hall–Kier alpha value is -1.36. The average molecular weight is 251 g/mol. The molecule has 0 unspecified atom stereocenters. The van der Waals surface area contributed by atoms with Gasteiger partial charge in [-0.3, -0.25) is 9.48 Å². The number of hydrogen-bond donors (Lipinski definition) is 0. The number of aryl methyl sites for hydroxylation is 1. The van der Waals surface area contributed by atoms with Crippen molar-refractivity contribution in [3.8, 4) is 0 Å². The van der Waals surface area contributed by atoms with Crippen LogP contribution in [0, 0.1) is 6.92 Å². The molecule has 1 aliphatic rings. The van der Waals surface area contributed by atoms with Crippen molar-refractivity contribution in [2.45, 2.75) is 39.4 Å². The number of carbonyl (C=O) groups is 1. The molecule has 0 saturated carbocycles. The highest BCUT2D eigenvalue weighted by molar-refractivity contribution is 5.95. The summed E-state index contributed by atoms with van der Waals surface area (Å²) < 4.78 is 7.54. The third-order valence-corrected chi connectivity index (χ3v) is 3.32. The summed E-state index contributed by atoms with van der Waals surface area (Å²) in [6, 6.07) is 0. The van der Waals surface area contributed by atoms with Gasteiger partial charge >= 0.3 is 0 Å². The van der Waals surface area contributed by atoms with E-state index in [0.29, 0.717) is 18.7 Å². The molecule has 1 fully saturated rings. The van der Waals surface area contributed by atoms with Crippen LogP contribution in [-0.4, -0.2) is 45.4 Å². The molecule has 1 amide bonds. The number of morpholine rings is 1. The van der Waals surface area contributed by atoms with Crippen molar-refractivity contribution in [2.75, 3.05) is 13.1 Å². The molecule has 1 aromatic rings. The van der Waals surface area contributed by atoms with Gasteiger partial charge in [-0.1, -0.05) is 0 Å². The second-order valence-corrected chi connectivity index (χ2v) is 5.64. The Morgan fingerprint density at radius 3 is 2.72 bits per heavy atom. The Morgan fingerprint density at radius 1 is 1.56 bits per heavy atom. The lowest BCUT2D eigenvalue weighted by molar-refractivity contribution is -0.118. The number of hydrogen-bond acceptors (Lipinski definition) is 3. The average Bonchev–Trinajstić information content (AvgIpc) is 2.56. The van der Waals surface area contributed by atoms with Crippen molar-refractivity contribution in [3.63, 3.8) is 0 Å². The molecular weight excluding hydrogens is 230 g/mol. The summed E-state index contributed by atoms with van der Waals surface area (Å²) in [5.41, 5.74) is 1.29. The van der Waals surface area contributed by atoms with Crippen molar-refractivity contribution < 1.29 is 9.53 Å². The van der Waals surface area contributed by atoms with E-state index in [2.05, 4.69) is 5.10 Å². The lowest BCUT2D eigenvalue weighted by Crippen LogP contribution is -2.53. The summed E-state index contributed by atoms with van der Waals surface area (Å²) in [7, 11) is 1.85. The first-order chi connectivity index (χ1) is 8.30. The predicted octanol–water partition coefficient (Wildman–Crippen LogP) is 1.37. The fraction of sp³-hybridized carbons (Fsp3) is 0.692. The van der Waals surface area contributed by atoms with Gasteiger partial charge in [0.25, 0.3) is 5.91 Å². The van der Waals surface area contributed by atoms with Gasteiger partial charge in [-0.05, 0) is 27.7 Å². The minimum absolute atomic E-state index is 0.0452. The molecule has 2 rings (SSSR count). The number of rotatable bonds is 1. The van der Waals surface area contributed by atoms with Crippen molar-refractivity contribution >= 4 is 5.91 Å². The van der Waals surface area contributed by atoms with Crippen LogP contribution >= 0.6 is 0 Å². The van der Waals surface area contributed by atoms with Gasteiger partial charge in [0.15, 0.2) is 0 Å². The van der Waals surface area contributed by atoms with Gasteiger partial charge in [0, 0.05) is 25.8 Å². The monoisotopic (exact) mass is 251 g/mol. The van der Waals surface area contributed by atoms with E-state index in [-0.39, 0.29) is 17.6 Å². The van der Waals surface area contributed by atoms with Gasteiger partial charge in [-0.2, -0.15) is 5.10 Å². The van der Waals surface area contributed by atoms with Crippen LogP contribution in [0.1, 0.15) is 36.8 Å². The lowest BCUT2D eigenvalue weighted by Gasteiger charge is -2.41. The van der Waals surface area contributed by atoms with Gasteiger partial charge in [0.05, 0.1) is 23.5 Å². The van der Waals surface area contributed by atoms with Gasteiger partial charge < -0.3 is 9.64 Å². The fourth-order valence-electron chi connectivity index (χ4n) is 2.49. The third-order valence-electron chi connectivity index (χ3n) is 3.32. The van der Waals surface area contributed by atoms with Crippen LogP contribution in [0.4, 0.5) is 0 Å². The molecule has 0 aliphatic carbocycles. The summed E-state index contributed by atoms with van der Waals surface area (Å²) in [5.74, 6) is 0.0452. The minimum atomic E-state index is -0.288. The van der Waals surface area contributed by atoms with Gasteiger partial charge in [0.2, 0.25) is 0 Å². The van der Waals surface area contributed by atoms with Crippen molar-refractivity contribution in [1.29, 1.82) is 0 Å². The van der Waals surface area contributed by atoms with Gasteiger partial charge in [0.1, 0.15) is 0 Å². The molecule has 1 aliphatic heterocycles. The van der Waals surface area contributed by atoms with E-state index < -0.39 is 0 Å². The quantitative estimate of drug-likeness (QED) is 0.757. The molecule has 0 spiro atoms. The highest BCUT2D eigenvalue weighted by atomic mass is 16.5. The summed E-state index contributed by atoms with van der Waals surface area (Å²) in [5, 5.41) is 4.13. The normalized spacial score (nSPS) is 23.2. The standard InChI is InChI=1S/C13H21N3O2/c1-9-7-16(8-13(3,4)18-9)12(17)11-6-14-15(5)10(11)2/h6,9H,7-8H2,1-5H3/t9-/m1/s1. The number of carbonyl (C=O) groups excluding carboxylic acids is 1. The molecule has 18 heavy (non-hydrogen) atoms. The molecule has 0 N–H and O–H groups in total. The molecule has 0 bridgehead atoms. The van der Waals surface area contributed by atoms with Crippen LogP contribution in [0.2, 0.25) is 0 Å². The van der Waals surface area contributed by atoms with Crippen LogP contribution in [-0.2, 0) is 11.8 Å². The lowest BCUT2D eigenvalue weighted by atomic mass is 10.0. The predicted molar refractivity (Wildman–Crippen MR) is 68.5 cm³/mol. The van der Waals surface area contributed by atoms with E-state index in [9.17, 15) is 4.79 Å². The fourth-order valence-corrected chi connectivity index (χ4v) is 2.49.